The third-order valence-electron chi connectivity index (χ3n) is 4.04. The number of carbonyl (C=O) groups excluding carboxylic acids is 1. The fourth-order valence-electron chi connectivity index (χ4n) is 3.35. The lowest BCUT2D eigenvalue weighted by molar-refractivity contribution is -0.123. The van der Waals surface area contributed by atoms with Gasteiger partial charge in [0.15, 0.2) is 0 Å². The van der Waals surface area contributed by atoms with E-state index in [-0.39, 0.29) is 11.3 Å². The van der Waals surface area contributed by atoms with Crippen molar-refractivity contribution in [3.63, 3.8) is 0 Å². The second-order valence-electron chi connectivity index (χ2n) is 7.73. The Labute approximate surface area is 124 Å². The minimum atomic E-state index is -0.602. The lowest BCUT2D eigenvalue weighted by Gasteiger charge is -2.28. The second kappa shape index (κ2) is 7.11. The predicted octanol–water partition coefficient (Wildman–Crippen LogP) is 4.18. The van der Waals surface area contributed by atoms with Gasteiger partial charge in [0.1, 0.15) is 5.54 Å². The van der Waals surface area contributed by atoms with Gasteiger partial charge in [0.05, 0.1) is 6.07 Å². The first kappa shape index (κ1) is 17.0. The van der Waals surface area contributed by atoms with Gasteiger partial charge >= 0.3 is 0 Å². The second-order valence-corrected chi connectivity index (χ2v) is 7.73. The van der Waals surface area contributed by atoms with E-state index in [2.05, 4.69) is 39.1 Å². The zero-order valence-corrected chi connectivity index (χ0v) is 13.6. The molecule has 0 aromatic rings. The summed E-state index contributed by atoms with van der Waals surface area (Å²) in [4.78, 5) is 12.2. The van der Waals surface area contributed by atoms with Gasteiger partial charge in [-0.2, -0.15) is 5.26 Å². The van der Waals surface area contributed by atoms with Crippen LogP contribution in [0.4, 0.5) is 0 Å². The summed E-state index contributed by atoms with van der Waals surface area (Å²) < 4.78 is 0. The molecule has 0 aromatic heterocycles. The molecule has 3 nitrogen and oxygen atoms in total. The van der Waals surface area contributed by atoms with Crippen LogP contribution in [0.1, 0.15) is 79.1 Å². The van der Waals surface area contributed by atoms with Crippen LogP contribution < -0.4 is 5.32 Å². The lowest BCUT2D eigenvalue weighted by atomic mass is 9.83. The fourth-order valence-corrected chi connectivity index (χ4v) is 3.35. The van der Waals surface area contributed by atoms with Gasteiger partial charge in [-0.15, -0.1) is 0 Å². The standard InChI is InChI=1S/C17H30N2O/c1-14(12-16(2,3)4)11-15(20)19-17(13-18)9-7-5-6-8-10-17/h14H,5-12H2,1-4H3,(H,19,20). The topological polar surface area (TPSA) is 52.9 Å². The molecule has 0 heterocycles. The SMILES string of the molecule is CC(CC(=O)NC1(C#N)CCCCCC1)CC(C)(C)C. The molecule has 3 heteroatoms. The van der Waals surface area contributed by atoms with E-state index in [9.17, 15) is 10.1 Å². The smallest absolute Gasteiger partial charge is 0.221 e. The van der Waals surface area contributed by atoms with Crippen LogP contribution in [0.3, 0.4) is 0 Å². The predicted molar refractivity (Wildman–Crippen MR) is 82.0 cm³/mol. The Bertz CT molecular complexity index is 354. The van der Waals surface area contributed by atoms with E-state index >= 15 is 0 Å². The number of carbonyl (C=O) groups is 1. The van der Waals surface area contributed by atoms with Gasteiger partial charge < -0.3 is 5.32 Å². The van der Waals surface area contributed by atoms with E-state index in [0.29, 0.717) is 12.3 Å². The Morgan fingerprint density at radius 2 is 1.80 bits per heavy atom. The largest absolute Gasteiger partial charge is 0.338 e. The maximum Gasteiger partial charge on any atom is 0.221 e. The zero-order valence-electron chi connectivity index (χ0n) is 13.6. The number of nitrogens with one attached hydrogen (secondary N) is 1. The maximum atomic E-state index is 12.2. The average Bonchev–Trinajstić information content (AvgIpc) is 2.52. The molecule has 0 radical (unpaired) electrons. The van der Waals surface area contributed by atoms with Crippen molar-refractivity contribution in [2.24, 2.45) is 11.3 Å². The molecule has 1 unspecified atom stereocenters. The molecule has 0 bridgehead atoms. The van der Waals surface area contributed by atoms with E-state index in [1.165, 1.54) is 12.8 Å². The molecule has 1 saturated carbocycles. The number of hydrogen-bond donors (Lipinski definition) is 1. The number of nitriles is 1. The molecule has 1 aliphatic carbocycles. The molecule has 1 atom stereocenters. The molecule has 0 aliphatic heterocycles. The quantitative estimate of drug-likeness (QED) is 0.784. The van der Waals surface area contributed by atoms with Gasteiger partial charge in [-0.1, -0.05) is 53.4 Å². The van der Waals surface area contributed by atoms with Crippen LogP contribution in [0.25, 0.3) is 0 Å². The summed E-state index contributed by atoms with van der Waals surface area (Å²) in [6.45, 7) is 8.72. The molecule has 1 rings (SSSR count). The van der Waals surface area contributed by atoms with Crippen LogP contribution in [0.2, 0.25) is 0 Å². The van der Waals surface area contributed by atoms with E-state index < -0.39 is 5.54 Å². The van der Waals surface area contributed by atoms with Crippen LogP contribution in [-0.4, -0.2) is 11.4 Å². The van der Waals surface area contributed by atoms with Gasteiger partial charge in [-0.3, -0.25) is 4.79 Å². The molecule has 0 spiro atoms. The lowest BCUT2D eigenvalue weighted by Crippen LogP contribution is -2.47. The van der Waals surface area contributed by atoms with Crippen LogP contribution in [0, 0.1) is 22.7 Å². The summed E-state index contributed by atoms with van der Waals surface area (Å²) in [5.74, 6) is 0.404. The van der Waals surface area contributed by atoms with Gasteiger partial charge in [0.2, 0.25) is 5.91 Å². The summed E-state index contributed by atoms with van der Waals surface area (Å²) in [5.41, 5.74) is -0.357. The van der Waals surface area contributed by atoms with Gasteiger partial charge in [0.25, 0.3) is 0 Å². The fraction of sp³-hybridized carbons (Fsp3) is 0.882. The Hall–Kier alpha value is -1.04. The van der Waals surface area contributed by atoms with E-state index in [4.69, 9.17) is 0 Å². The third-order valence-corrected chi connectivity index (χ3v) is 4.04. The number of nitrogens with zero attached hydrogens (tertiary/aromatic N) is 1. The first-order valence-corrected chi connectivity index (χ1v) is 7.99. The average molecular weight is 278 g/mol. The van der Waals surface area contributed by atoms with Crippen molar-refractivity contribution in [3.8, 4) is 6.07 Å². The molecule has 0 saturated heterocycles. The van der Waals surface area contributed by atoms with Crippen LogP contribution in [-0.2, 0) is 4.79 Å². The molecule has 1 fully saturated rings. The molecule has 1 N–H and O–H groups in total. The Balaban J connectivity index is 2.53. The molecular formula is C17H30N2O. The van der Waals surface area contributed by atoms with Crippen molar-refractivity contribution in [2.75, 3.05) is 0 Å². The van der Waals surface area contributed by atoms with Crippen LogP contribution in [0.5, 0.6) is 0 Å². The van der Waals surface area contributed by atoms with Crippen molar-refractivity contribution in [2.45, 2.75) is 84.6 Å². The highest BCUT2D eigenvalue weighted by Gasteiger charge is 2.32. The molecule has 0 aromatic carbocycles. The minimum Gasteiger partial charge on any atom is -0.338 e. The van der Waals surface area contributed by atoms with Crippen molar-refractivity contribution in [1.82, 2.24) is 5.32 Å². The van der Waals surface area contributed by atoms with Gasteiger partial charge in [-0.25, -0.2) is 0 Å². The van der Waals surface area contributed by atoms with Crippen molar-refractivity contribution in [1.29, 1.82) is 5.26 Å². The van der Waals surface area contributed by atoms with E-state index in [1.54, 1.807) is 0 Å². The van der Waals surface area contributed by atoms with Crippen LogP contribution >= 0.6 is 0 Å². The maximum absolute atomic E-state index is 12.2. The Morgan fingerprint density at radius 1 is 1.25 bits per heavy atom. The zero-order chi connectivity index (χ0) is 15.2. The highest BCUT2D eigenvalue weighted by atomic mass is 16.1. The summed E-state index contributed by atoms with van der Waals surface area (Å²) >= 11 is 0. The van der Waals surface area contributed by atoms with Gasteiger partial charge in [-0.05, 0) is 30.6 Å². The first-order chi connectivity index (χ1) is 9.26. The molecular weight excluding hydrogens is 248 g/mol. The normalized spacial score (nSPS) is 20.6. The van der Waals surface area contributed by atoms with Crippen LogP contribution in [0.15, 0.2) is 0 Å². The summed E-state index contributed by atoms with van der Waals surface area (Å²) in [7, 11) is 0. The highest BCUT2D eigenvalue weighted by Crippen LogP contribution is 2.28. The minimum absolute atomic E-state index is 0.0465. The first-order valence-electron chi connectivity index (χ1n) is 7.99. The van der Waals surface area contributed by atoms with Crippen molar-refractivity contribution < 1.29 is 4.79 Å². The summed E-state index contributed by atoms with van der Waals surface area (Å²) in [6.07, 6.45) is 7.63. The summed E-state index contributed by atoms with van der Waals surface area (Å²) in [5, 5.41) is 12.5. The number of hydrogen-bond acceptors (Lipinski definition) is 2. The monoisotopic (exact) mass is 278 g/mol. The Kier molecular flexibility index (Phi) is 6.05. The third kappa shape index (κ3) is 5.94. The van der Waals surface area contributed by atoms with Gasteiger partial charge in [0, 0.05) is 6.42 Å². The number of amides is 1. The van der Waals surface area contributed by atoms with E-state index in [0.717, 1.165) is 32.1 Å². The summed E-state index contributed by atoms with van der Waals surface area (Å²) in [6, 6.07) is 2.38. The molecule has 1 amide bonds. The highest BCUT2D eigenvalue weighted by molar-refractivity contribution is 5.77. The van der Waals surface area contributed by atoms with Crippen molar-refractivity contribution >= 4 is 5.91 Å². The van der Waals surface area contributed by atoms with Crippen molar-refractivity contribution in [3.05, 3.63) is 0 Å². The number of rotatable bonds is 4. The molecule has 1 aliphatic rings. The Morgan fingerprint density at radius 3 is 2.25 bits per heavy atom. The molecule has 114 valence electrons. The van der Waals surface area contributed by atoms with E-state index in [1.807, 2.05) is 0 Å². The molecule has 20 heavy (non-hydrogen) atoms.